The molecular formula is C21H25N3O4. The molecule has 7 heteroatoms. The lowest BCUT2D eigenvalue weighted by Crippen LogP contribution is -2.31. The third kappa shape index (κ3) is 4.08. The molecule has 28 heavy (non-hydrogen) atoms. The van der Waals surface area contributed by atoms with Crippen LogP contribution in [0.15, 0.2) is 35.1 Å². The minimum atomic E-state index is -0.926. The molecule has 2 heterocycles. The van der Waals surface area contributed by atoms with Crippen molar-refractivity contribution in [1.29, 1.82) is 0 Å². The summed E-state index contributed by atoms with van der Waals surface area (Å²) in [5.74, 6) is -0.324. The predicted octanol–water partition coefficient (Wildman–Crippen LogP) is 3.94. The van der Waals surface area contributed by atoms with Crippen LogP contribution in [0.25, 0.3) is 11.0 Å². The second kappa shape index (κ2) is 7.88. The van der Waals surface area contributed by atoms with Crippen molar-refractivity contribution in [1.82, 2.24) is 9.78 Å². The van der Waals surface area contributed by atoms with Crippen molar-refractivity contribution in [2.45, 2.75) is 53.2 Å². The maximum absolute atomic E-state index is 12.4. The molecule has 0 bridgehead atoms. The van der Waals surface area contributed by atoms with Crippen LogP contribution in [-0.2, 0) is 20.7 Å². The Morgan fingerprint density at radius 1 is 1.21 bits per heavy atom. The summed E-state index contributed by atoms with van der Waals surface area (Å²) in [7, 11) is 0. The number of hydrogen-bond acceptors (Lipinski definition) is 5. The van der Waals surface area contributed by atoms with E-state index in [-0.39, 0.29) is 12.5 Å². The molecule has 1 aromatic carbocycles. The summed E-state index contributed by atoms with van der Waals surface area (Å²) in [5.41, 5.74) is 3.73. The summed E-state index contributed by atoms with van der Waals surface area (Å²) in [4.78, 5) is 24.7. The molecule has 0 aliphatic carbocycles. The molecule has 3 rings (SSSR count). The van der Waals surface area contributed by atoms with E-state index in [1.807, 2.05) is 39.8 Å². The SMILES string of the molecule is Cc1cc2occ(CC(=O)O[C@@H](C)C(=O)Nc3ccnn3C(C)C)c2cc1C. The van der Waals surface area contributed by atoms with E-state index in [2.05, 4.69) is 10.4 Å². The number of esters is 1. The van der Waals surface area contributed by atoms with Gasteiger partial charge in [-0.15, -0.1) is 0 Å². The van der Waals surface area contributed by atoms with E-state index in [1.165, 1.54) is 0 Å². The molecule has 7 nitrogen and oxygen atoms in total. The van der Waals surface area contributed by atoms with Crippen LogP contribution in [0.1, 0.15) is 43.5 Å². The number of carbonyl (C=O) groups excluding carboxylic acids is 2. The van der Waals surface area contributed by atoms with Gasteiger partial charge in [0.1, 0.15) is 11.4 Å². The van der Waals surface area contributed by atoms with Gasteiger partial charge in [-0.25, -0.2) is 4.68 Å². The third-order valence-corrected chi connectivity index (χ3v) is 4.69. The number of carbonyl (C=O) groups is 2. The van der Waals surface area contributed by atoms with Gasteiger partial charge in [-0.2, -0.15) is 5.10 Å². The first-order valence-electron chi connectivity index (χ1n) is 9.27. The van der Waals surface area contributed by atoms with Gasteiger partial charge in [0, 0.05) is 23.1 Å². The predicted molar refractivity (Wildman–Crippen MR) is 106 cm³/mol. The van der Waals surface area contributed by atoms with Crippen LogP contribution < -0.4 is 5.32 Å². The quantitative estimate of drug-likeness (QED) is 0.652. The normalized spacial score (nSPS) is 12.4. The summed E-state index contributed by atoms with van der Waals surface area (Å²) < 4.78 is 12.6. The molecule has 0 unspecified atom stereocenters. The van der Waals surface area contributed by atoms with E-state index in [0.29, 0.717) is 5.82 Å². The first-order chi connectivity index (χ1) is 13.3. The van der Waals surface area contributed by atoms with Gasteiger partial charge >= 0.3 is 5.97 Å². The van der Waals surface area contributed by atoms with Crippen molar-refractivity contribution in [2.75, 3.05) is 5.32 Å². The van der Waals surface area contributed by atoms with Gasteiger partial charge in [0.25, 0.3) is 5.91 Å². The average Bonchev–Trinajstić information content (AvgIpc) is 3.23. The highest BCUT2D eigenvalue weighted by Gasteiger charge is 2.21. The van der Waals surface area contributed by atoms with Gasteiger partial charge in [-0.1, -0.05) is 0 Å². The topological polar surface area (TPSA) is 86.4 Å². The van der Waals surface area contributed by atoms with Gasteiger partial charge in [0.15, 0.2) is 6.10 Å². The Labute approximate surface area is 163 Å². The Balaban J connectivity index is 1.63. The van der Waals surface area contributed by atoms with E-state index in [1.54, 1.807) is 30.1 Å². The van der Waals surface area contributed by atoms with Crippen molar-refractivity contribution in [3.63, 3.8) is 0 Å². The molecule has 2 aromatic heterocycles. The number of furan rings is 1. The summed E-state index contributed by atoms with van der Waals surface area (Å²) in [5, 5.41) is 7.80. The number of fused-ring (bicyclic) bond motifs is 1. The zero-order valence-corrected chi connectivity index (χ0v) is 16.8. The maximum atomic E-state index is 12.4. The van der Waals surface area contributed by atoms with E-state index < -0.39 is 18.0 Å². The van der Waals surface area contributed by atoms with Crippen LogP contribution >= 0.6 is 0 Å². The molecule has 1 atom stereocenters. The summed E-state index contributed by atoms with van der Waals surface area (Å²) in [6.45, 7) is 9.49. The van der Waals surface area contributed by atoms with Crippen LogP contribution in [0, 0.1) is 13.8 Å². The Hall–Kier alpha value is -3.09. The summed E-state index contributed by atoms with van der Waals surface area (Å²) >= 11 is 0. The number of ether oxygens (including phenoxy) is 1. The van der Waals surface area contributed by atoms with Gasteiger partial charge in [0.2, 0.25) is 0 Å². The second-order valence-electron chi connectivity index (χ2n) is 7.25. The highest BCUT2D eigenvalue weighted by atomic mass is 16.5. The third-order valence-electron chi connectivity index (χ3n) is 4.69. The first kappa shape index (κ1) is 19.7. The van der Waals surface area contributed by atoms with E-state index in [4.69, 9.17) is 9.15 Å². The Bertz CT molecular complexity index is 1020. The zero-order valence-electron chi connectivity index (χ0n) is 16.8. The number of nitrogens with one attached hydrogen (secondary N) is 1. The number of amides is 1. The highest BCUT2D eigenvalue weighted by molar-refractivity contribution is 5.95. The number of hydrogen-bond donors (Lipinski definition) is 1. The Kier molecular flexibility index (Phi) is 5.53. The molecular weight excluding hydrogens is 358 g/mol. The van der Waals surface area contributed by atoms with Gasteiger partial charge in [-0.3, -0.25) is 9.59 Å². The highest BCUT2D eigenvalue weighted by Crippen LogP contribution is 2.25. The van der Waals surface area contributed by atoms with Crippen LogP contribution in [0.4, 0.5) is 5.82 Å². The molecule has 0 aliphatic rings. The smallest absolute Gasteiger partial charge is 0.311 e. The number of nitrogens with zero attached hydrogens (tertiary/aromatic N) is 2. The maximum Gasteiger partial charge on any atom is 0.311 e. The minimum absolute atomic E-state index is 0.0387. The van der Waals surface area contributed by atoms with Crippen molar-refractivity contribution in [2.24, 2.45) is 0 Å². The minimum Gasteiger partial charge on any atom is -0.464 e. The molecule has 0 fully saturated rings. The van der Waals surface area contributed by atoms with Gasteiger partial charge in [-0.05, 0) is 57.9 Å². The van der Waals surface area contributed by atoms with Crippen molar-refractivity contribution in [3.05, 3.63) is 47.3 Å². The lowest BCUT2D eigenvalue weighted by molar-refractivity contribution is -0.152. The van der Waals surface area contributed by atoms with Gasteiger partial charge < -0.3 is 14.5 Å². The second-order valence-corrected chi connectivity index (χ2v) is 7.25. The molecule has 3 aromatic rings. The van der Waals surface area contributed by atoms with Crippen LogP contribution in [0.5, 0.6) is 0 Å². The Morgan fingerprint density at radius 3 is 2.64 bits per heavy atom. The van der Waals surface area contributed by atoms with E-state index >= 15 is 0 Å². The molecule has 0 saturated heterocycles. The van der Waals surface area contributed by atoms with Crippen molar-refractivity contribution in [3.8, 4) is 0 Å². The molecule has 1 N–H and O–H groups in total. The Morgan fingerprint density at radius 2 is 1.93 bits per heavy atom. The average molecular weight is 383 g/mol. The first-order valence-corrected chi connectivity index (χ1v) is 9.27. The van der Waals surface area contributed by atoms with Crippen LogP contribution in [0.3, 0.4) is 0 Å². The number of aromatic nitrogens is 2. The van der Waals surface area contributed by atoms with Gasteiger partial charge in [0.05, 0.1) is 18.9 Å². The fourth-order valence-corrected chi connectivity index (χ4v) is 2.97. The molecule has 148 valence electrons. The molecule has 0 spiro atoms. The van der Waals surface area contributed by atoms with Crippen LogP contribution in [-0.4, -0.2) is 27.8 Å². The van der Waals surface area contributed by atoms with Crippen molar-refractivity contribution >= 4 is 28.7 Å². The number of rotatable bonds is 6. The lowest BCUT2D eigenvalue weighted by Gasteiger charge is -2.15. The standard InChI is InChI=1S/C21H25N3O4/c1-12(2)24-19(6-7-22-24)23-21(26)15(5)28-20(25)10-16-11-27-18-9-14(4)13(3)8-17(16)18/h6-9,11-12,15H,10H2,1-5H3,(H,23,26)/t15-/m0/s1. The fourth-order valence-electron chi connectivity index (χ4n) is 2.97. The molecule has 0 aliphatic heterocycles. The molecule has 0 radical (unpaired) electrons. The van der Waals surface area contributed by atoms with E-state index in [9.17, 15) is 9.59 Å². The summed E-state index contributed by atoms with van der Waals surface area (Å²) in [6, 6.07) is 5.76. The fraction of sp³-hybridized carbons (Fsp3) is 0.381. The number of anilines is 1. The number of aryl methyl sites for hydroxylation is 2. The zero-order chi connectivity index (χ0) is 20.4. The van der Waals surface area contributed by atoms with Crippen molar-refractivity contribution < 1.29 is 18.7 Å². The monoisotopic (exact) mass is 383 g/mol. The molecule has 0 saturated carbocycles. The summed E-state index contributed by atoms with van der Waals surface area (Å²) in [6.07, 6.45) is 2.29. The largest absolute Gasteiger partial charge is 0.464 e. The number of benzene rings is 1. The molecule has 1 amide bonds. The lowest BCUT2D eigenvalue weighted by atomic mass is 10.0. The van der Waals surface area contributed by atoms with Crippen LogP contribution in [0.2, 0.25) is 0 Å². The van der Waals surface area contributed by atoms with E-state index in [0.717, 1.165) is 27.7 Å².